The van der Waals surface area contributed by atoms with Gasteiger partial charge in [0, 0.05) is 22.7 Å². The fraction of sp³-hybridized carbons (Fsp3) is 0. The maximum absolute atomic E-state index is 4.13. The largest absolute Gasteiger partial charge is 0.359 e. The highest BCUT2D eigenvalue weighted by atomic mass is 33.1. The summed E-state index contributed by atoms with van der Waals surface area (Å²) >= 11 is 4.13. The number of H-pyrrole nitrogens is 1. The van der Waals surface area contributed by atoms with E-state index in [1.165, 1.54) is 16.2 Å². The van der Waals surface area contributed by atoms with E-state index < -0.39 is 0 Å². The van der Waals surface area contributed by atoms with Crippen LogP contribution in [0.1, 0.15) is 0 Å². The van der Waals surface area contributed by atoms with Crippen molar-refractivity contribution in [3.05, 3.63) is 24.7 Å². The van der Waals surface area contributed by atoms with Crippen LogP contribution in [0, 0.1) is 0 Å². The number of hydrogen-bond donors (Lipinski definition) is 2. The number of aromatic amines is 1. The summed E-state index contributed by atoms with van der Waals surface area (Å²) in [6.07, 6.45) is 5.52. The summed E-state index contributed by atoms with van der Waals surface area (Å²) in [5.41, 5.74) is 1.06. The molecule has 0 atom stereocenters. The summed E-state index contributed by atoms with van der Waals surface area (Å²) in [5.74, 6) is 0. The Bertz CT molecular complexity index is 369. The number of fused-ring (bicyclic) bond motifs is 1. The summed E-state index contributed by atoms with van der Waals surface area (Å²) in [7, 11) is 1.44. The van der Waals surface area contributed by atoms with Crippen LogP contribution in [0.15, 0.2) is 29.6 Å². The summed E-state index contributed by atoms with van der Waals surface area (Å²) in [6, 6.07) is 1.98. The second-order valence-corrected chi connectivity index (χ2v) is 3.34. The third kappa shape index (κ3) is 1.12. The molecule has 0 aromatic carbocycles. The maximum atomic E-state index is 4.13. The van der Waals surface area contributed by atoms with E-state index in [-0.39, 0.29) is 0 Å². The molecule has 0 saturated heterocycles. The zero-order valence-electron chi connectivity index (χ0n) is 5.61. The molecule has 2 heterocycles. The van der Waals surface area contributed by atoms with Gasteiger partial charge in [-0.05, 0) is 6.07 Å². The second-order valence-electron chi connectivity index (χ2n) is 2.17. The smallest absolute Gasteiger partial charge is 0.0652 e. The number of pyridine rings is 1. The van der Waals surface area contributed by atoms with Crippen LogP contribution >= 0.6 is 22.5 Å². The Morgan fingerprint density at radius 2 is 2.45 bits per heavy atom. The molecular formula is C7H6N2S2. The standard InChI is InChI=1S/C7H6N2S2/c10-11-7-4-9-6-3-8-2-1-5(6)7/h1-4,9-10H. The van der Waals surface area contributed by atoms with Crippen LogP contribution in [0.3, 0.4) is 0 Å². The van der Waals surface area contributed by atoms with Crippen molar-refractivity contribution in [2.45, 2.75) is 4.90 Å². The van der Waals surface area contributed by atoms with Crippen LogP contribution < -0.4 is 0 Å². The van der Waals surface area contributed by atoms with Crippen molar-refractivity contribution in [1.82, 2.24) is 9.97 Å². The molecule has 0 aliphatic carbocycles. The molecule has 0 bridgehead atoms. The van der Waals surface area contributed by atoms with E-state index >= 15 is 0 Å². The molecule has 11 heavy (non-hydrogen) atoms. The number of aromatic nitrogens is 2. The predicted octanol–water partition coefficient (Wildman–Crippen LogP) is 2.50. The number of nitrogens with zero attached hydrogens (tertiary/aromatic N) is 1. The van der Waals surface area contributed by atoms with Gasteiger partial charge in [0.1, 0.15) is 0 Å². The second kappa shape index (κ2) is 2.79. The molecule has 0 spiro atoms. The summed E-state index contributed by atoms with van der Waals surface area (Å²) in [5, 5.41) is 1.18. The van der Waals surface area contributed by atoms with Crippen LogP contribution in [-0.2, 0) is 0 Å². The number of hydrogen-bond acceptors (Lipinski definition) is 3. The quantitative estimate of drug-likeness (QED) is 0.524. The maximum Gasteiger partial charge on any atom is 0.0652 e. The highest BCUT2D eigenvalue weighted by Gasteiger charge is 2.00. The van der Waals surface area contributed by atoms with E-state index in [1.807, 2.05) is 18.5 Å². The van der Waals surface area contributed by atoms with Gasteiger partial charge in [-0.1, -0.05) is 10.8 Å². The van der Waals surface area contributed by atoms with Crippen LogP contribution in [0.2, 0.25) is 0 Å². The molecule has 1 N–H and O–H groups in total. The molecule has 0 unspecified atom stereocenters. The van der Waals surface area contributed by atoms with Gasteiger partial charge in [-0.3, -0.25) is 4.98 Å². The average molecular weight is 182 g/mol. The molecule has 0 radical (unpaired) electrons. The van der Waals surface area contributed by atoms with Crippen LogP contribution in [-0.4, -0.2) is 9.97 Å². The first-order valence-corrected chi connectivity index (χ1v) is 5.01. The monoisotopic (exact) mass is 182 g/mol. The zero-order chi connectivity index (χ0) is 7.68. The molecule has 2 aromatic heterocycles. The lowest BCUT2D eigenvalue weighted by Crippen LogP contribution is -1.69. The number of rotatable bonds is 1. The number of nitrogens with one attached hydrogen (secondary N) is 1. The SMILES string of the molecule is SSc1c[nH]c2cnccc12. The lowest BCUT2D eigenvalue weighted by Gasteiger charge is -1.89. The van der Waals surface area contributed by atoms with E-state index in [0.717, 1.165) is 10.4 Å². The Morgan fingerprint density at radius 3 is 3.27 bits per heavy atom. The normalized spacial score (nSPS) is 10.6. The van der Waals surface area contributed by atoms with Gasteiger partial charge >= 0.3 is 0 Å². The van der Waals surface area contributed by atoms with Gasteiger partial charge in [0.25, 0.3) is 0 Å². The molecule has 0 aliphatic heterocycles. The first-order valence-electron chi connectivity index (χ1n) is 3.14. The number of thiol groups is 1. The fourth-order valence-electron chi connectivity index (χ4n) is 1.02. The molecule has 0 aliphatic rings. The van der Waals surface area contributed by atoms with E-state index in [4.69, 9.17) is 0 Å². The van der Waals surface area contributed by atoms with Crippen molar-refractivity contribution in [2.24, 2.45) is 0 Å². The third-order valence-electron chi connectivity index (χ3n) is 1.54. The van der Waals surface area contributed by atoms with Gasteiger partial charge in [0.15, 0.2) is 0 Å². The van der Waals surface area contributed by atoms with Crippen molar-refractivity contribution in [3.8, 4) is 0 Å². The molecule has 0 fully saturated rings. The first-order chi connectivity index (χ1) is 5.42. The van der Waals surface area contributed by atoms with Crippen molar-refractivity contribution in [3.63, 3.8) is 0 Å². The third-order valence-corrected chi connectivity index (χ3v) is 2.67. The molecule has 2 rings (SSSR count). The molecule has 4 heteroatoms. The minimum absolute atomic E-state index is 1.06. The van der Waals surface area contributed by atoms with E-state index in [2.05, 4.69) is 21.6 Å². The highest BCUT2D eigenvalue weighted by Crippen LogP contribution is 2.28. The minimum Gasteiger partial charge on any atom is -0.359 e. The lowest BCUT2D eigenvalue weighted by molar-refractivity contribution is 1.34. The van der Waals surface area contributed by atoms with E-state index in [9.17, 15) is 0 Å². The molecule has 2 nitrogen and oxygen atoms in total. The molecular weight excluding hydrogens is 176 g/mol. The van der Waals surface area contributed by atoms with Crippen LogP contribution in [0.5, 0.6) is 0 Å². The Labute approximate surface area is 73.2 Å². The van der Waals surface area contributed by atoms with Gasteiger partial charge in [-0.25, -0.2) is 0 Å². The summed E-state index contributed by atoms with van der Waals surface area (Å²) < 4.78 is 0. The Morgan fingerprint density at radius 1 is 1.55 bits per heavy atom. The van der Waals surface area contributed by atoms with Crippen molar-refractivity contribution in [1.29, 1.82) is 0 Å². The lowest BCUT2D eigenvalue weighted by atomic mass is 10.3. The fourth-order valence-corrected chi connectivity index (χ4v) is 1.86. The highest BCUT2D eigenvalue weighted by molar-refractivity contribution is 8.68. The van der Waals surface area contributed by atoms with Crippen molar-refractivity contribution in [2.75, 3.05) is 0 Å². The van der Waals surface area contributed by atoms with Crippen molar-refractivity contribution >= 4 is 33.4 Å². The van der Waals surface area contributed by atoms with Crippen LogP contribution in [0.4, 0.5) is 0 Å². The van der Waals surface area contributed by atoms with E-state index in [1.54, 1.807) is 6.20 Å². The van der Waals surface area contributed by atoms with Crippen molar-refractivity contribution < 1.29 is 0 Å². The molecule has 56 valence electrons. The van der Waals surface area contributed by atoms with E-state index in [0.29, 0.717) is 0 Å². The first kappa shape index (κ1) is 7.06. The Kier molecular flexibility index (Phi) is 1.79. The van der Waals surface area contributed by atoms with Crippen LogP contribution in [0.25, 0.3) is 10.9 Å². The van der Waals surface area contributed by atoms with Gasteiger partial charge in [0.05, 0.1) is 11.7 Å². The summed E-state index contributed by atoms with van der Waals surface area (Å²) in [4.78, 5) is 8.25. The minimum atomic E-state index is 1.06. The van der Waals surface area contributed by atoms with Gasteiger partial charge < -0.3 is 4.98 Å². The predicted molar refractivity (Wildman–Crippen MR) is 50.9 cm³/mol. The van der Waals surface area contributed by atoms with Gasteiger partial charge in [-0.2, -0.15) is 0 Å². The topological polar surface area (TPSA) is 28.7 Å². The Balaban J connectivity index is 2.76. The average Bonchev–Trinajstić information content (AvgIpc) is 2.47. The zero-order valence-corrected chi connectivity index (χ0v) is 7.32. The summed E-state index contributed by atoms with van der Waals surface area (Å²) in [6.45, 7) is 0. The molecule has 2 aromatic rings. The Hall–Kier alpha value is -0.610. The van der Waals surface area contributed by atoms with Gasteiger partial charge in [-0.15, -0.1) is 11.7 Å². The molecule has 0 amide bonds. The van der Waals surface area contributed by atoms with Gasteiger partial charge in [0.2, 0.25) is 0 Å². The molecule has 0 saturated carbocycles.